The second kappa shape index (κ2) is 7.51. The lowest BCUT2D eigenvalue weighted by Gasteiger charge is -2.27. The standard InChI is InChI=1S/C19H24N4O2/c1-13-11-14(2)22-18(24)16(13)12-21-17-15(7-6-8-20-17)19(25)23-9-4-3-5-10-23/h6-8,11H,3-5,9-10,12H2,1-2H3,(H,20,21)(H,22,24). The molecule has 0 saturated carbocycles. The van der Waals surface area contributed by atoms with Gasteiger partial charge in [0.05, 0.1) is 5.56 Å². The number of pyridine rings is 2. The van der Waals surface area contributed by atoms with Crippen LogP contribution < -0.4 is 10.9 Å². The molecule has 2 N–H and O–H groups in total. The van der Waals surface area contributed by atoms with Crippen LogP contribution in [0, 0.1) is 13.8 Å². The molecule has 0 unspecified atom stereocenters. The molecule has 1 aliphatic heterocycles. The molecule has 2 aromatic rings. The van der Waals surface area contributed by atoms with Crippen LogP contribution in [-0.4, -0.2) is 33.9 Å². The molecule has 1 saturated heterocycles. The minimum absolute atomic E-state index is 0.00448. The van der Waals surface area contributed by atoms with Crippen LogP contribution in [0.15, 0.2) is 29.2 Å². The van der Waals surface area contributed by atoms with Gasteiger partial charge < -0.3 is 15.2 Å². The van der Waals surface area contributed by atoms with Crippen molar-refractivity contribution in [3.8, 4) is 0 Å². The number of likely N-dealkylation sites (tertiary alicyclic amines) is 1. The molecular weight excluding hydrogens is 316 g/mol. The molecular formula is C19H24N4O2. The summed E-state index contributed by atoms with van der Waals surface area (Å²) in [6.45, 7) is 5.70. The van der Waals surface area contributed by atoms with Gasteiger partial charge in [-0.2, -0.15) is 0 Å². The minimum Gasteiger partial charge on any atom is -0.365 e. The third-order valence-electron chi connectivity index (χ3n) is 4.61. The molecule has 3 heterocycles. The van der Waals surface area contributed by atoms with Crippen molar-refractivity contribution in [3.63, 3.8) is 0 Å². The van der Waals surface area contributed by atoms with E-state index in [9.17, 15) is 9.59 Å². The first-order valence-electron chi connectivity index (χ1n) is 8.74. The number of aromatic nitrogens is 2. The molecule has 0 radical (unpaired) electrons. The smallest absolute Gasteiger partial charge is 0.257 e. The van der Waals surface area contributed by atoms with E-state index < -0.39 is 0 Å². The largest absolute Gasteiger partial charge is 0.365 e. The van der Waals surface area contributed by atoms with Gasteiger partial charge in [0, 0.05) is 37.1 Å². The Bertz CT molecular complexity index is 822. The van der Waals surface area contributed by atoms with E-state index in [4.69, 9.17) is 0 Å². The number of carbonyl (C=O) groups is 1. The molecule has 1 aliphatic rings. The van der Waals surface area contributed by atoms with Gasteiger partial charge in [-0.3, -0.25) is 9.59 Å². The molecule has 3 rings (SSSR count). The minimum atomic E-state index is -0.107. The number of H-pyrrole nitrogens is 1. The Labute approximate surface area is 147 Å². The number of nitrogens with one attached hydrogen (secondary N) is 2. The Hall–Kier alpha value is -2.63. The molecule has 25 heavy (non-hydrogen) atoms. The van der Waals surface area contributed by atoms with Crippen LogP contribution in [0.2, 0.25) is 0 Å². The highest BCUT2D eigenvalue weighted by Gasteiger charge is 2.21. The monoisotopic (exact) mass is 340 g/mol. The average Bonchev–Trinajstić information content (AvgIpc) is 2.61. The number of anilines is 1. The van der Waals surface area contributed by atoms with Crippen molar-refractivity contribution >= 4 is 11.7 Å². The van der Waals surface area contributed by atoms with E-state index in [1.165, 1.54) is 6.42 Å². The molecule has 0 aliphatic carbocycles. The van der Waals surface area contributed by atoms with E-state index in [0.717, 1.165) is 37.2 Å². The summed E-state index contributed by atoms with van der Waals surface area (Å²) in [6, 6.07) is 5.50. The summed E-state index contributed by atoms with van der Waals surface area (Å²) < 4.78 is 0. The van der Waals surface area contributed by atoms with Crippen molar-refractivity contribution in [1.82, 2.24) is 14.9 Å². The van der Waals surface area contributed by atoms with E-state index in [1.54, 1.807) is 18.3 Å². The molecule has 1 fully saturated rings. The first-order valence-corrected chi connectivity index (χ1v) is 8.74. The maximum Gasteiger partial charge on any atom is 0.257 e. The van der Waals surface area contributed by atoms with Crippen molar-refractivity contribution in [2.24, 2.45) is 0 Å². The molecule has 2 aromatic heterocycles. The highest BCUT2D eigenvalue weighted by atomic mass is 16.2. The van der Waals surface area contributed by atoms with Crippen molar-refractivity contribution in [2.75, 3.05) is 18.4 Å². The van der Waals surface area contributed by atoms with Gasteiger partial charge in [0.15, 0.2) is 0 Å². The van der Waals surface area contributed by atoms with Crippen molar-refractivity contribution in [2.45, 2.75) is 39.7 Å². The topological polar surface area (TPSA) is 78.1 Å². The molecule has 0 spiro atoms. The lowest BCUT2D eigenvalue weighted by Crippen LogP contribution is -2.36. The number of hydrogen-bond donors (Lipinski definition) is 2. The number of hydrogen-bond acceptors (Lipinski definition) is 4. The zero-order valence-corrected chi connectivity index (χ0v) is 14.8. The maximum atomic E-state index is 12.8. The van der Waals surface area contributed by atoms with E-state index in [2.05, 4.69) is 15.3 Å². The highest BCUT2D eigenvalue weighted by Crippen LogP contribution is 2.18. The number of nitrogens with zero attached hydrogens (tertiary/aromatic N) is 2. The molecule has 132 valence electrons. The van der Waals surface area contributed by atoms with Crippen LogP contribution in [-0.2, 0) is 6.54 Å². The van der Waals surface area contributed by atoms with Crippen molar-refractivity contribution in [1.29, 1.82) is 0 Å². The molecule has 1 amide bonds. The zero-order valence-electron chi connectivity index (χ0n) is 14.8. The van der Waals surface area contributed by atoms with Crippen LogP contribution in [0.3, 0.4) is 0 Å². The van der Waals surface area contributed by atoms with Crippen LogP contribution in [0.4, 0.5) is 5.82 Å². The Morgan fingerprint density at radius 2 is 2.04 bits per heavy atom. The Morgan fingerprint density at radius 3 is 2.76 bits per heavy atom. The van der Waals surface area contributed by atoms with Gasteiger partial charge in [0.25, 0.3) is 11.5 Å². The number of aromatic amines is 1. The Morgan fingerprint density at radius 1 is 1.28 bits per heavy atom. The van der Waals surface area contributed by atoms with E-state index in [1.807, 2.05) is 24.8 Å². The van der Waals surface area contributed by atoms with Gasteiger partial charge in [-0.25, -0.2) is 4.98 Å². The van der Waals surface area contributed by atoms with Gasteiger partial charge in [-0.05, 0) is 56.9 Å². The lowest BCUT2D eigenvalue weighted by atomic mass is 10.1. The highest BCUT2D eigenvalue weighted by molar-refractivity contribution is 5.98. The maximum absolute atomic E-state index is 12.8. The van der Waals surface area contributed by atoms with Crippen molar-refractivity contribution < 1.29 is 4.79 Å². The van der Waals surface area contributed by atoms with Crippen LogP contribution >= 0.6 is 0 Å². The van der Waals surface area contributed by atoms with Crippen LogP contribution in [0.1, 0.15) is 46.4 Å². The van der Waals surface area contributed by atoms with Gasteiger partial charge in [-0.15, -0.1) is 0 Å². The second-order valence-electron chi connectivity index (χ2n) is 6.55. The number of carbonyl (C=O) groups excluding carboxylic acids is 1. The fraction of sp³-hybridized carbons (Fsp3) is 0.421. The Kier molecular flexibility index (Phi) is 5.16. The summed E-state index contributed by atoms with van der Waals surface area (Å²) in [5, 5.41) is 3.17. The van der Waals surface area contributed by atoms with Gasteiger partial charge >= 0.3 is 0 Å². The summed E-state index contributed by atoms with van der Waals surface area (Å²) in [5.74, 6) is 0.530. The first kappa shape index (κ1) is 17.2. The average molecular weight is 340 g/mol. The van der Waals surface area contributed by atoms with Crippen LogP contribution in [0.25, 0.3) is 0 Å². The Balaban J connectivity index is 1.80. The predicted octanol–water partition coefficient (Wildman–Crippen LogP) is 2.62. The summed E-state index contributed by atoms with van der Waals surface area (Å²) >= 11 is 0. The van der Waals surface area contributed by atoms with Crippen molar-refractivity contribution in [3.05, 3.63) is 57.1 Å². The fourth-order valence-electron chi connectivity index (χ4n) is 3.26. The number of amides is 1. The fourth-order valence-corrected chi connectivity index (χ4v) is 3.26. The molecule has 6 heteroatoms. The SMILES string of the molecule is Cc1cc(C)c(CNc2ncccc2C(=O)N2CCCCC2)c(=O)[nH]1. The number of rotatable bonds is 4. The summed E-state index contributed by atoms with van der Waals surface area (Å²) in [7, 11) is 0. The van der Waals surface area contributed by atoms with E-state index in [-0.39, 0.29) is 11.5 Å². The van der Waals surface area contributed by atoms with Gasteiger partial charge in [0.2, 0.25) is 0 Å². The zero-order chi connectivity index (χ0) is 17.8. The summed E-state index contributed by atoms with van der Waals surface area (Å²) in [6.07, 6.45) is 4.93. The molecule has 0 atom stereocenters. The predicted molar refractivity (Wildman–Crippen MR) is 97.9 cm³/mol. The molecule has 0 aromatic carbocycles. The third-order valence-corrected chi connectivity index (χ3v) is 4.61. The normalized spacial score (nSPS) is 14.4. The number of aryl methyl sites for hydroxylation is 2. The summed E-state index contributed by atoms with van der Waals surface area (Å²) in [4.78, 5) is 34.0. The quantitative estimate of drug-likeness (QED) is 0.897. The molecule has 0 bridgehead atoms. The summed E-state index contributed by atoms with van der Waals surface area (Å²) in [5.41, 5.74) is 2.88. The van der Waals surface area contributed by atoms with Crippen LogP contribution in [0.5, 0.6) is 0 Å². The molecule has 6 nitrogen and oxygen atoms in total. The lowest BCUT2D eigenvalue weighted by molar-refractivity contribution is 0.0725. The van der Waals surface area contributed by atoms with Gasteiger partial charge in [-0.1, -0.05) is 0 Å². The van der Waals surface area contributed by atoms with E-state index >= 15 is 0 Å². The van der Waals surface area contributed by atoms with Gasteiger partial charge in [0.1, 0.15) is 5.82 Å². The first-order chi connectivity index (χ1) is 12.1. The number of piperidine rings is 1. The second-order valence-corrected chi connectivity index (χ2v) is 6.55. The third kappa shape index (κ3) is 3.90. The van der Waals surface area contributed by atoms with E-state index in [0.29, 0.717) is 23.5 Å².